The van der Waals surface area contributed by atoms with Crippen molar-refractivity contribution in [2.24, 2.45) is 0 Å². The van der Waals surface area contributed by atoms with E-state index in [1.165, 1.54) is 5.56 Å². The van der Waals surface area contributed by atoms with E-state index >= 15 is 0 Å². The van der Waals surface area contributed by atoms with E-state index in [1.54, 1.807) is 14.2 Å². The monoisotopic (exact) mass is 406 g/mol. The largest absolute Gasteiger partial charge is 0.493 e. The Bertz CT molecular complexity index is 902. The molecule has 0 aromatic heterocycles. The highest BCUT2D eigenvalue weighted by Crippen LogP contribution is 2.28. The Hall–Kier alpha value is -2.97. The average molecular weight is 407 g/mol. The molecule has 2 aromatic carbocycles. The van der Waals surface area contributed by atoms with Gasteiger partial charge in [-0.05, 0) is 56.1 Å². The molecule has 0 aliphatic carbocycles. The molecular formula is C25H30N2O3. The Balaban J connectivity index is 1.54. The third-order valence-corrected chi connectivity index (χ3v) is 5.60. The summed E-state index contributed by atoms with van der Waals surface area (Å²) in [5, 5.41) is 0. The highest BCUT2D eigenvalue weighted by molar-refractivity contribution is 5.94. The number of carbonyl (C=O) groups excluding carboxylic acids is 1. The minimum atomic E-state index is -0.0863. The molecule has 30 heavy (non-hydrogen) atoms. The molecule has 1 aliphatic rings. The molecular weight excluding hydrogens is 376 g/mol. The summed E-state index contributed by atoms with van der Waals surface area (Å²) in [4.78, 5) is 16.8. The van der Waals surface area contributed by atoms with Gasteiger partial charge in [0.25, 0.3) is 5.91 Å². The third-order valence-electron chi connectivity index (χ3n) is 5.60. The molecule has 0 spiro atoms. The number of methoxy groups -OCH3 is 2. The summed E-state index contributed by atoms with van der Waals surface area (Å²) in [5.41, 5.74) is 2.07. The zero-order valence-electron chi connectivity index (χ0n) is 18.1. The lowest BCUT2D eigenvalue weighted by Gasteiger charge is -2.37. The molecule has 1 aliphatic heterocycles. The summed E-state index contributed by atoms with van der Waals surface area (Å²) in [5.74, 6) is 7.19. The molecule has 158 valence electrons. The summed E-state index contributed by atoms with van der Waals surface area (Å²) < 4.78 is 10.7. The van der Waals surface area contributed by atoms with Gasteiger partial charge in [0.15, 0.2) is 11.5 Å². The van der Waals surface area contributed by atoms with Gasteiger partial charge in [0.05, 0.1) is 14.2 Å². The molecule has 1 heterocycles. The fourth-order valence-corrected chi connectivity index (χ4v) is 3.75. The highest BCUT2D eigenvalue weighted by atomic mass is 16.5. The van der Waals surface area contributed by atoms with Crippen molar-refractivity contribution < 1.29 is 14.3 Å². The van der Waals surface area contributed by atoms with Crippen LogP contribution in [-0.4, -0.2) is 62.7 Å². The van der Waals surface area contributed by atoms with Crippen molar-refractivity contribution in [3.8, 4) is 23.3 Å². The summed E-state index contributed by atoms with van der Waals surface area (Å²) in [6, 6.07) is 16.0. The van der Waals surface area contributed by atoms with Gasteiger partial charge < -0.3 is 19.3 Å². The lowest BCUT2D eigenvalue weighted by atomic mass is 10.0. The molecule has 1 atom stereocenters. The number of amides is 1. The molecule has 3 rings (SSSR count). The maximum absolute atomic E-state index is 12.6. The molecule has 5 heteroatoms. The molecule has 1 saturated heterocycles. The van der Waals surface area contributed by atoms with Crippen molar-refractivity contribution >= 4 is 5.91 Å². The van der Waals surface area contributed by atoms with Crippen LogP contribution in [0.2, 0.25) is 0 Å². The van der Waals surface area contributed by atoms with Crippen LogP contribution in [0.15, 0.2) is 48.5 Å². The van der Waals surface area contributed by atoms with Crippen molar-refractivity contribution in [3.63, 3.8) is 0 Å². The predicted molar refractivity (Wildman–Crippen MR) is 119 cm³/mol. The smallest absolute Gasteiger partial charge is 0.298 e. The molecule has 2 aromatic rings. The molecule has 1 fully saturated rings. The van der Waals surface area contributed by atoms with Crippen LogP contribution in [0.4, 0.5) is 0 Å². The Morgan fingerprint density at radius 2 is 1.90 bits per heavy atom. The zero-order chi connectivity index (χ0) is 21.3. The second kappa shape index (κ2) is 10.7. The lowest BCUT2D eigenvalue weighted by molar-refractivity contribution is -0.127. The van der Waals surface area contributed by atoms with Crippen molar-refractivity contribution in [1.29, 1.82) is 0 Å². The van der Waals surface area contributed by atoms with Gasteiger partial charge in [0.2, 0.25) is 0 Å². The van der Waals surface area contributed by atoms with Crippen LogP contribution in [0.25, 0.3) is 0 Å². The first-order valence-electron chi connectivity index (χ1n) is 10.4. The van der Waals surface area contributed by atoms with Crippen LogP contribution < -0.4 is 9.47 Å². The van der Waals surface area contributed by atoms with Crippen molar-refractivity contribution in [3.05, 3.63) is 59.7 Å². The quantitative estimate of drug-likeness (QED) is 0.691. The normalized spacial score (nSPS) is 16.0. The molecule has 0 N–H and O–H groups in total. The molecule has 0 saturated carbocycles. The first kappa shape index (κ1) is 21.7. The van der Waals surface area contributed by atoms with E-state index < -0.39 is 0 Å². The van der Waals surface area contributed by atoms with Gasteiger partial charge in [-0.3, -0.25) is 4.79 Å². The van der Waals surface area contributed by atoms with Crippen LogP contribution in [0, 0.1) is 11.8 Å². The minimum absolute atomic E-state index is 0.0863. The first-order valence-corrected chi connectivity index (χ1v) is 10.4. The molecule has 0 radical (unpaired) electrons. The number of carbonyl (C=O) groups is 1. The number of hydrogen-bond acceptors (Lipinski definition) is 4. The predicted octanol–water partition coefficient (Wildman–Crippen LogP) is 3.22. The van der Waals surface area contributed by atoms with Gasteiger partial charge in [0.1, 0.15) is 0 Å². The van der Waals surface area contributed by atoms with E-state index in [0.29, 0.717) is 6.04 Å². The highest BCUT2D eigenvalue weighted by Gasteiger charge is 2.25. The van der Waals surface area contributed by atoms with Crippen LogP contribution in [-0.2, 0) is 11.2 Å². The number of hydrogen-bond donors (Lipinski definition) is 0. The lowest BCUT2D eigenvalue weighted by Crippen LogP contribution is -2.48. The third kappa shape index (κ3) is 5.77. The summed E-state index contributed by atoms with van der Waals surface area (Å²) in [6.45, 7) is 2.42. The van der Waals surface area contributed by atoms with Crippen LogP contribution in [0.1, 0.15) is 24.0 Å². The Morgan fingerprint density at radius 3 is 2.63 bits per heavy atom. The number of piperidine rings is 1. The fraction of sp³-hybridized carbons (Fsp3) is 0.400. The van der Waals surface area contributed by atoms with E-state index in [2.05, 4.69) is 29.9 Å². The standard InChI is InChI=1S/C25H30N2O3/c1-26(17-15-21-11-13-23(29-2)24(18-21)30-3)22-10-7-16-27(19-22)25(28)14-12-20-8-5-4-6-9-20/h4-6,8-9,11,13,18,22H,7,10,15-17,19H2,1-3H3/t22-/m0/s1. The van der Waals surface area contributed by atoms with Gasteiger partial charge in [-0.1, -0.05) is 30.2 Å². The van der Waals surface area contributed by atoms with Gasteiger partial charge in [0, 0.05) is 37.2 Å². The van der Waals surface area contributed by atoms with Crippen molar-refractivity contribution in [2.45, 2.75) is 25.3 Å². The summed E-state index contributed by atoms with van der Waals surface area (Å²) in [7, 11) is 5.43. The number of ether oxygens (including phenoxy) is 2. The Morgan fingerprint density at radius 1 is 1.13 bits per heavy atom. The summed E-state index contributed by atoms with van der Waals surface area (Å²) in [6.07, 6.45) is 3.01. The number of nitrogens with zero attached hydrogens (tertiary/aromatic N) is 2. The Labute approximate surface area is 179 Å². The van der Waals surface area contributed by atoms with Gasteiger partial charge in [-0.15, -0.1) is 0 Å². The number of benzene rings is 2. The molecule has 0 bridgehead atoms. The summed E-state index contributed by atoms with van der Waals surface area (Å²) >= 11 is 0. The zero-order valence-corrected chi connectivity index (χ0v) is 18.1. The maximum atomic E-state index is 12.6. The van der Waals surface area contributed by atoms with Crippen LogP contribution in [0.3, 0.4) is 0 Å². The van der Waals surface area contributed by atoms with Gasteiger partial charge >= 0.3 is 0 Å². The number of likely N-dealkylation sites (N-methyl/N-ethyl adjacent to an activating group) is 1. The maximum Gasteiger partial charge on any atom is 0.298 e. The van der Waals surface area contributed by atoms with E-state index in [0.717, 1.165) is 56.0 Å². The van der Waals surface area contributed by atoms with Gasteiger partial charge in [-0.2, -0.15) is 0 Å². The van der Waals surface area contributed by atoms with Crippen LogP contribution in [0.5, 0.6) is 11.5 Å². The fourth-order valence-electron chi connectivity index (χ4n) is 3.75. The molecule has 0 unspecified atom stereocenters. The van der Waals surface area contributed by atoms with Gasteiger partial charge in [-0.25, -0.2) is 0 Å². The second-order valence-corrected chi connectivity index (χ2v) is 7.58. The van der Waals surface area contributed by atoms with E-state index in [-0.39, 0.29) is 5.91 Å². The Kier molecular flexibility index (Phi) is 7.75. The number of likely N-dealkylation sites (tertiary alicyclic amines) is 1. The molecule has 5 nitrogen and oxygen atoms in total. The van der Waals surface area contributed by atoms with Crippen molar-refractivity contribution in [1.82, 2.24) is 9.80 Å². The topological polar surface area (TPSA) is 42.0 Å². The van der Waals surface area contributed by atoms with Crippen LogP contribution >= 0.6 is 0 Å². The van der Waals surface area contributed by atoms with E-state index in [4.69, 9.17) is 9.47 Å². The minimum Gasteiger partial charge on any atom is -0.493 e. The van der Waals surface area contributed by atoms with Crippen molar-refractivity contribution in [2.75, 3.05) is 40.9 Å². The van der Waals surface area contributed by atoms with E-state index in [9.17, 15) is 4.79 Å². The molecule has 1 amide bonds. The number of rotatable bonds is 6. The average Bonchev–Trinajstić information content (AvgIpc) is 2.81. The SMILES string of the molecule is COc1ccc(CCN(C)[C@H]2CCCN(C(=O)C#Cc3ccccc3)C2)cc1OC. The second-order valence-electron chi connectivity index (χ2n) is 7.58. The van der Waals surface area contributed by atoms with E-state index in [1.807, 2.05) is 47.4 Å². The first-order chi connectivity index (χ1) is 14.6.